The fourth-order valence-corrected chi connectivity index (χ4v) is 3.38. The Balaban J connectivity index is 2.39. The van der Waals surface area contributed by atoms with Gasteiger partial charge in [-0.2, -0.15) is 0 Å². The second-order valence-corrected chi connectivity index (χ2v) is 7.21. The predicted molar refractivity (Wildman–Crippen MR) is 91.9 cm³/mol. The maximum Gasteiger partial charge on any atom is 0.210 e. The molecule has 24 heavy (non-hydrogen) atoms. The van der Waals surface area contributed by atoms with Crippen molar-refractivity contribution in [3.05, 3.63) is 57.9 Å². The second kappa shape index (κ2) is 5.26. The van der Waals surface area contributed by atoms with Crippen molar-refractivity contribution < 1.29 is 14.4 Å². The third-order valence-electron chi connectivity index (χ3n) is 4.61. The highest BCUT2D eigenvalue weighted by atomic mass is 16.1. The molecular formula is C20H21NO3. The number of ketones is 3. The average Bonchev–Trinajstić information content (AvgIpc) is 2.83. The number of nitrogens with zero attached hydrogens (tertiary/aromatic N) is 1. The summed E-state index contributed by atoms with van der Waals surface area (Å²) in [4.78, 5) is 39.0. The van der Waals surface area contributed by atoms with Gasteiger partial charge in [0.05, 0.1) is 11.1 Å². The van der Waals surface area contributed by atoms with Crippen LogP contribution in [0.5, 0.6) is 0 Å². The zero-order chi connectivity index (χ0) is 17.8. The molecule has 0 amide bonds. The summed E-state index contributed by atoms with van der Waals surface area (Å²) in [5, 5.41) is 0. The monoisotopic (exact) mass is 323 g/mol. The van der Waals surface area contributed by atoms with E-state index in [1.807, 2.05) is 34.6 Å². The van der Waals surface area contributed by atoms with E-state index in [2.05, 4.69) is 0 Å². The molecule has 0 saturated carbocycles. The highest BCUT2D eigenvalue weighted by Crippen LogP contribution is 2.36. The number of rotatable bonds is 2. The first-order valence-electron chi connectivity index (χ1n) is 8.16. The summed E-state index contributed by atoms with van der Waals surface area (Å²) in [5.41, 5.74) is 1.88. The van der Waals surface area contributed by atoms with Crippen LogP contribution in [0.4, 0.5) is 0 Å². The molecule has 0 saturated heterocycles. The van der Waals surface area contributed by atoms with E-state index >= 15 is 0 Å². The Bertz CT molecular complexity index is 894. The van der Waals surface area contributed by atoms with Gasteiger partial charge in [0.1, 0.15) is 5.69 Å². The SMILES string of the molecule is CCn1c(C)c(C(=O)C(C)(C)C)c2c1C(=O)c1ccccc1C2=O. The first-order chi connectivity index (χ1) is 11.2. The molecule has 0 atom stereocenters. The van der Waals surface area contributed by atoms with Crippen molar-refractivity contribution in [3.8, 4) is 0 Å². The maximum absolute atomic E-state index is 13.1. The van der Waals surface area contributed by atoms with E-state index in [9.17, 15) is 14.4 Å². The number of carbonyl (C=O) groups is 3. The van der Waals surface area contributed by atoms with E-state index < -0.39 is 5.41 Å². The Kier molecular flexibility index (Phi) is 3.59. The van der Waals surface area contributed by atoms with Crippen LogP contribution in [-0.2, 0) is 6.54 Å². The van der Waals surface area contributed by atoms with Crippen molar-refractivity contribution in [2.45, 2.75) is 41.2 Å². The van der Waals surface area contributed by atoms with Crippen LogP contribution < -0.4 is 0 Å². The molecule has 4 heteroatoms. The first-order valence-corrected chi connectivity index (χ1v) is 8.16. The Morgan fingerprint density at radius 1 is 1.04 bits per heavy atom. The molecule has 0 spiro atoms. The molecule has 1 aliphatic rings. The van der Waals surface area contributed by atoms with Gasteiger partial charge in [0, 0.05) is 28.8 Å². The number of Topliss-reactive ketones (excluding diaryl/α,β-unsaturated/α-hetero) is 1. The molecule has 0 fully saturated rings. The number of hydrogen-bond acceptors (Lipinski definition) is 3. The summed E-state index contributed by atoms with van der Waals surface area (Å²) in [5.74, 6) is -0.523. The fraction of sp³-hybridized carbons (Fsp3) is 0.350. The van der Waals surface area contributed by atoms with Gasteiger partial charge in [0.25, 0.3) is 0 Å². The molecule has 1 aromatic heterocycles. The van der Waals surface area contributed by atoms with Gasteiger partial charge < -0.3 is 4.57 Å². The third-order valence-corrected chi connectivity index (χ3v) is 4.61. The molecule has 3 rings (SSSR count). The van der Waals surface area contributed by atoms with E-state index in [0.717, 1.165) is 0 Å². The number of carbonyl (C=O) groups excluding carboxylic acids is 3. The Morgan fingerprint density at radius 2 is 1.58 bits per heavy atom. The Labute approximate surface area is 141 Å². The zero-order valence-electron chi connectivity index (χ0n) is 14.7. The van der Waals surface area contributed by atoms with E-state index in [1.54, 1.807) is 28.8 Å². The van der Waals surface area contributed by atoms with Crippen molar-refractivity contribution in [2.24, 2.45) is 5.41 Å². The molecule has 0 N–H and O–H groups in total. The van der Waals surface area contributed by atoms with E-state index in [4.69, 9.17) is 0 Å². The van der Waals surface area contributed by atoms with Gasteiger partial charge in [-0.15, -0.1) is 0 Å². The van der Waals surface area contributed by atoms with Crippen LogP contribution in [0.1, 0.15) is 75.7 Å². The normalized spacial score (nSPS) is 13.7. The molecule has 0 unspecified atom stereocenters. The smallest absolute Gasteiger partial charge is 0.210 e. The molecule has 1 aromatic carbocycles. The summed E-state index contributed by atoms with van der Waals surface area (Å²) < 4.78 is 1.80. The fourth-order valence-electron chi connectivity index (χ4n) is 3.38. The molecule has 0 radical (unpaired) electrons. The van der Waals surface area contributed by atoms with Gasteiger partial charge in [-0.3, -0.25) is 14.4 Å². The molecule has 0 aliphatic heterocycles. The first kappa shape index (κ1) is 16.4. The lowest BCUT2D eigenvalue weighted by Gasteiger charge is -2.19. The van der Waals surface area contributed by atoms with Crippen molar-refractivity contribution in [1.29, 1.82) is 0 Å². The van der Waals surface area contributed by atoms with Gasteiger partial charge in [-0.25, -0.2) is 0 Å². The van der Waals surface area contributed by atoms with Gasteiger partial charge in [0.15, 0.2) is 11.6 Å². The minimum Gasteiger partial charge on any atom is -0.341 e. The summed E-state index contributed by atoms with van der Waals surface area (Å²) in [7, 11) is 0. The minimum atomic E-state index is -0.626. The maximum atomic E-state index is 13.1. The molecule has 2 aromatic rings. The average molecular weight is 323 g/mol. The van der Waals surface area contributed by atoms with Crippen molar-refractivity contribution in [1.82, 2.24) is 4.57 Å². The van der Waals surface area contributed by atoms with Crippen molar-refractivity contribution >= 4 is 17.3 Å². The van der Waals surface area contributed by atoms with Gasteiger partial charge >= 0.3 is 0 Å². The highest BCUT2D eigenvalue weighted by Gasteiger charge is 2.40. The Morgan fingerprint density at radius 3 is 2.08 bits per heavy atom. The van der Waals surface area contributed by atoms with Crippen LogP contribution in [0.3, 0.4) is 0 Å². The minimum absolute atomic E-state index is 0.107. The third kappa shape index (κ3) is 2.09. The van der Waals surface area contributed by atoms with Crippen LogP contribution in [-0.4, -0.2) is 21.9 Å². The molecule has 0 bridgehead atoms. The number of fused-ring (bicyclic) bond motifs is 2. The van der Waals surface area contributed by atoms with Crippen LogP contribution in [0.2, 0.25) is 0 Å². The van der Waals surface area contributed by atoms with Crippen LogP contribution in [0, 0.1) is 12.3 Å². The van der Waals surface area contributed by atoms with Crippen LogP contribution in [0.15, 0.2) is 24.3 Å². The second-order valence-electron chi connectivity index (χ2n) is 7.21. The Hall–Kier alpha value is -2.49. The summed E-state index contributed by atoms with van der Waals surface area (Å²) in [6.45, 7) is 9.74. The van der Waals surface area contributed by atoms with Crippen molar-refractivity contribution in [3.63, 3.8) is 0 Å². The van der Waals surface area contributed by atoms with Crippen LogP contribution in [0.25, 0.3) is 0 Å². The summed E-state index contributed by atoms with van der Waals surface area (Å²) in [6.07, 6.45) is 0. The standard InChI is InChI=1S/C20H21NO3/c1-6-21-11(2)14(19(24)20(3,4)5)15-16(21)18(23)13-10-8-7-9-12(13)17(15)22/h7-10H,6H2,1-5H3. The largest absolute Gasteiger partial charge is 0.341 e. The highest BCUT2D eigenvalue weighted by molar-refractivity contribution is 6.31. The molecule has 124 valence electrons. The number of benzene rings is 1. The zero-order valence-corrected chi connectivity index (χ0v) is 14.7. The van der Waals surface area contributed by atoms with E-state index in [0.29, 0.717) is 34.6 Å². The number of aromatic nitrogens is 1. The predicted octanol–water partition coefficient (Wildman–Crippen LogP) is 3.82. The lowest BCUT2D eigenvalue weighted by molar-refractivity contribution is 0.0851. The lowest BCUT2D eigenvalue weighted by Crippen LogP contribution is -2.26. The number of hydrogen-bond donors (Lipinski definition) is 0. The summed E-state index contributed by atoms with van der Waals surface area (Å²) >= 11 is 0. The van der Waals surface area contributed by atoms with Gasteiger partial charge in [0.2, 0.25) is 5.78 Å². The van der Waals surface area contributed by atoms with E-state index in [1.165, 1.54) is 0 Å². The quantitative estimate of drug-likeness (QED) is 0.674. The summed E-state index contributed by atoms with van der Waals surface area (Å²) in [6, 6.07) is 6.82. The molecule has 1 heterocycles. The van der Waals surface area contributed by atoms with Gasteiger partial charge in [-0.1, -0.05) is 45.0 Å². The van der Waals surface area contributed by atoms with Gasteiger partial charge in [-0.05, 0) is 13.8 Å². The van der Waals surface area contributed by atoms with Crippen molar-refractivity contribution in [2.75, 3.05) is 0 Å². The topological polar surface area (TPSA) is 56.1 Å². The molecule has 4 nitrogen and oxygen atoms in total. The van der Waals surface area contributed by atoms with Crippen LogP contribution >= 0.6 is 0 Å². The lowest BCUT2D eigenvalue weighted by atomic mass is 9.80. The molecule has 1 aliphatic carbocycles. The molecular weight excluding hydrogens is 302 g/mol. The van der Waals surface area contributed by atoms with E-state index in [-0.39, 0.29) is 22.9 Å².